The molecule has 28 heavy (non-hydrogen) atoms. The number of rotatable bonds is 6. The van der Waals surface area contributed by atoms with E-state index in [0.29, 0.717) is 17.4 Å². The zero-order chi connectivity index (χ0) is 19.5. The third-order valence-corrected chi connectivity index (χ3v) is 5.25. The summed E-state index contributed by atoms with van der Waals surface area (Å²) in [5, 5.41) is 3.58. The number of hydrogen-bond acceptors (Lipinski definition) is 6. The number of piperidine rings is 1. The minimum Gasteiger partial charge on any atom is -0.366 e. The van der Waals surface area contributed by atoms with Crippen LogP contribution in [0.2, 0.25) is 0 Å². The van der Waals surface area contributed by atoms with E-state index in [2.05, 4.69) is 48.4 Å². The van der Waals surface area contributed by atoms with Crippen LogP contribution in [-0.2, 0) is 6.54 Å². The smallest absolute Gasteiger partial charge is 0.251 e. The number of carbonyl (C=O) groups excluding carboxylic acids is 1. The Labute approximate surface area is 163 Å². The number of aromatic nitrogens is 4. The first-order valence-electron chi connectivity index (χ1n) is 9.61. The van der Waals surface area contributed by atoms with Crippen molar-refractivity contribution in [2.45, 2.75) is 26.3 Å². The molecule has 8 nitrogen and oxygen atoms in total. The number of imidazole rings is 1. The predicted octanol–water partition coefficient (Wildman–Crippen LogP) is 1.77. The number of carbonyl (C=O) groups is 1. The highest BCUT2D eigenvalue weighted by Gasteiger charge is 2.21. The van der Waals surface area contributed by atoms with Crippen molar-refractivity contribution in [3.8, 4) is 0 Å². The lowest BCUT2D eigenvalue weighted by Gasteiger charge is -2.32. The van der Waals surface area contributed by atoms with Crippen LogP contribution < -0.4 is 16.0 Å². The van der Waals surface area contributed by atoms with Crippen LogP contribution >= 0.6 is 0 Å². The molecule has 0 bridgehead atoms. The van der Waals surface area contributed by atoms with E-state index in [1.54, 1.807) is 0 Å². The summed E-state index contributed by atoms with van der Waals surface area (Å²) in [6, 6.07) is 6.36. The Balaban J connectivity index is 1.24. The van der Waals surface area contributed by atoms with Crippen LogP contribution in [0.3, 0.4) is 0 Å². The van der Waals surface area contributed by atoms with Gasteiger partial charge in [-0.05, 0) is 49.9 Å². The molecule has 1 aliphatic heterocycles. The van der Waals surface area contributed by atoms with Gasteiger partial charge in [0.25, 0.3) is 5.91 Å². The van der Waals surface area contributed by atoms with Gasteiger partial charge in [-0.2, -0.15) is 0 Å². The van der Waals surface area contributed by atoms with Gasteiger partial charge in [0.05, 0.1) is 16.6 Å². The lowest BCUT2D eigenvalue weighted by atomic mass is 9.97. The molecule has 1 fully saturated rings. The molecule has 0 spiro atoms. The number of amides is 1. The number of benzene rings is 1. The Hall–Kier alpha value is -3.00. The van der Waals surface area contributed by atoms with Gasteiger partial charge in [0.15, 0.2) is 0 Å². The molecular formula is C20H25N7O. The lowest BCUT2D eigenvalue weighted by Crippen LogP contribution is -2.38. The molecule has 8 heteroatoms. The summed E-state index contributed by atoms with van der Waals surface area (Å²) in [5.41, 5.74) is 8.94. The fourth-order valence-corrected chi connectivity index (χ4v) is 3.66. The molecule has 4 rings (SSSR count). The molecule has 3 heterocycles. The molecule has 0 saturated carbocycles. The molecule has 1 saturated heterocycles. The van der Waals surface area contributed by atoms with E-state index in [-0.39, 0.29) is 0 Å². The number of fused-ring (bicyclic) bond motifs is 1. The minimum atomic E-state index is -0.502. The summed E-state index contributed by atoms with van der Waals surface area (Å²) in [5.74, 6) is 1.75. The van der Waals surface area contributed by atoms with Crippen LogP contribution in [-0.4, -0.2) is 45.5 Å². The second kappa shape index (κ2) is 7.93. The maximum Gasteiger partial charge on any atom is 0.251 e. The molecule has 0 radical (unpaired) electrons. The fraction of sp³-hybridized carbons (Fsp3) is 0.400. The van der Waals surface area contributed by atoms with Crippen molar-refractivity contribution in [3.63, 3.8) is 0 Å². The summed E-state index contributed by atoms with van der Waals surface area (Å²) in [6.07, 6.45) is 5.17. The summed E-state index contributed by atoms with van der Waals surface area (Å²) < 4.78 is 0. The first-order chi connectivity index (χ1) is 13.6. The molecule has 0 atom stereocenters. The third kappa shape index (κ3) is 4.12. The highest BCUT2D eigenvalue weighted by Crippen LogP contribution is 2.20. The van der Waals surface area contributed by atoms with Crippen molar-refractivity contribution in [1.29, 1.82) is 0 Å². The van der Waals surface area contributed by atoms with E-state index in [1.807, 2.05) is 6.92 Å². The van der Waals surface area contributed by atoms with Crippen LogP contribution in [0, 0.1) is 12.8 Å². The standard InChI is InChI=1S/C20H25N7O/c1-13-25-17-3-2-15(8-18(17)26-13)10-22-9-14-4-6-27(7-5-14)20-23-11-16(12-24-20)19(21)28/h2-3,8,11-12,14,22H,4-7,9-10H2,1H3,(H2,21,28)(H,25,26). The molecule has 4 N–H and O–H groups in total. The molecular weight excluding hydrogens is 354 g/mol. The molecule has 1 amide bonds. The first-order valence-corrected chi connectivity index (χ1v) is 9.61. The van der Waals surface area contributed by atoms with E-state index in [1.165, 1.54) is 18.0 Å². The van der Waals surface area contributed by atoms with Crippen molar-refractivity contribution in [3.05, 3.63) is 47.5 Å². The Morgan fingerprint density at radius 2 is 2.04 bits per heavy atom. The molecule has 1 aliphatic rings. The molecule has 1 aromatic carbocycles. The number of nitrogens with two attached hydrogens (primary N) is 1. The van der Waals surface area contributed by atoms with Crippen LogP contribution in [0.15, 0.2) is 30.6 Å². The van der Waals surface area contributed by atoms with Crippen molar-refractivity contribution in [1.82, 2.24) is 25.3 Å². The van der Waals surface area contributed by atoms with Crippen molar-refractivity contribution < 1.29 is 4.79 Å². The summed E-state index contributed by atoms with van der Waals surface area (Å²) >= 11 is 0. The van der Waals surface area contributed by atoms with Gasteiger partial charge in [0.1, 0.15) is 5.82 Å². The van der Waals surface area contributed by atoms with Gasteiger partial charge in [0, 0.05) is 32.0 Å². The Morgan fingerprint density at radius 3 is 2.75 bits per heavy atom. The van der Waals surface area contributed by atoms with Gasteiger partial charge in [-0.15, -0.1) is 0 Å². The third-order valence-electron chi connectivity index (χ3n) is 5.25. The minimum absolute atomic E-state index is 0.339. The fourth-order valence-electron chi connectivity index (χ4n) is 3.66. The van der Waals surface area contributed by atoms with Gasteiger partial charge in [-0.3, -0.25) is 4.79 Å². The number of H-pyrrole nitrogens is 1. The Morgan fingerprint density at radius 1 is 1.29 bits per heavy atom. The van der Waals surface area contributed by atoms with E-state index in [0.717, 1.165) is 55.9 Å². The van der Waals surface area contributed by atoms with E-state index < -0.39 is 5.91 Å². The van der Waals surface area contributed by atoms with E-state index in [4.69, 9.17) is 5.73 Å². The number of aryl methyl sites for hydroxylation is 1. The van der Waals surface area contributed by atoms with Crippen LogP contribution in [0.1, 0.15) is 34.6 Å². The highest BCUT2D eigenvalue weighted by atomic mass is 16.1. The number of aromatic amines is 1. The predicted molar refractivity (Wildman–Crippen MR) is 108 cm³/mol. The second-order valence-corrected chi connectivity index (χ2v) is 7.37. The summed E-state index contributed by atoms with van der Waals surface area (Å²) in [6.45, 7) is 5.66. The zero-order valence-corrected chi connectivity index (χ0v) is 16.0. The van der Waals surface area contributed by atoms with Gasteiger partial charge in [-0.1, -0.05) is 6.07 Å². The second-order valence-electron chi connectivity index (χ2n) is 7.37. The number of primary amides is 1. The van der Waals surface area contributed by atoms with Crippen molar-refractivity contribution >= 4 is 22.9 Å². The Kier molecular flexibility index (Phi) is 5.21. The number of nitrogens with one attached hydrogen (secondary N) is 2. The SMILES string of the molecule is Cc1nc2ccc(CNCC3CCN(c4ncc(C(N)=O)cn4)CC3)cc2[nH]1. The Bertz CT molecular complexity index is 958. The highest BCUT2D eigenvalue weighted by molar-refractivity contribution is 5.92. The molecule has 0 unspecified atom stereocenters. The van der Waals surface area contributed by atoms with Crippen LogP contribution in [0.25, 0.3) is 11.0 Å². The maximum atomic E-state index is 11.1. The van der Waals surface area contributed by atoms with Crippen molar-refractivity contribution in [2.75, 3.05) is 24.5 Å². The topological polar surface area (TPSA) is 113 Å². The largest absolute Gasteiger partial charge is 0.366 e. The van der Waals surface area contributed by atoms with Gasteiger partial charge < -0.3 is 20.9 Å². The van der Waals surface area contributed by atoms with Gasteiger partial charge >= 0.3 is 0 Å². The maximum absolute atomic E-state index is 11.1. The first kappa shape index (κ1) is 18.4. The molecule has 146 valence electrons. The van der Waals surface area contributed by atoms with E-state index in [9.17, 15) is 4.79 Å². The van der Waals surface area contributed by atoms with Crippen molar-refractivity contribution in [2.24, 2.45) is 11.7 Å². The summed E-state index contributed by atoms with van der Waals surface area (Å²) in [7, 11) is 0. The van der Waals surface area contributed by atoms with E-state index >= 15 is 0 Å². The normalized spacial score (nSPS) is 15.2. The van der Waals surface area contributed by atoms with Gasteiger partial charge in [-0.25, -0.2) is 15.0 Å². The molecule has 2 aromatic heterocycles. The summed E-state index contributed by atoms with van der Waals surface area (Å²) in [4.78, 5) is 29.5. The monoisotopic (exact) mass is 379 g/mol. The number of hydrogen-bond donors (Lipinski definition) is 3. The zero-order valence-electron chi connectivity index (χ0n) is 16.0. The molecule has 0 aliphatic carbocycles. The van der Waals surface area contributed by atoms with Crippen LogP contribution in [0.4, 0.5) is 5.95 Å². The quantitative estimate of drug-likeness (QED) is 0.602. The average molecular weight is 379 g/mol. The van der Waals surface area contributed by atoms with Crippen LogP contribution in [0.5, 0.6) is 0 Å². The van der Waals surface area contributed by atoms with Gasteiger partial charge in [0.2, 0.25) is 5.95 Å². The number of nitrogens with zero attached hydrogens (tertiary/aromatic N) is 4. The average Bonchev–Trinajstić information content (AvgIpc) is 3.08. The number of anilines is 1. The molecule has 3 aromatic rings. The lowest BCUT2D eigenvalue weighted by molar-refractivity contribution is 0.0999.